The fourth-order valence-electron chi connectivity index (χ4n) is 1.52. The summed E-state index contributed by atoms with van der Waals surface area (Å²) in [7, 11) is 2.07. The highest BCUT2D eigenvalue weighted by Gasteiger charge is 2.10. The number of hydrogen-bond acceptors (Lipinski definition) is 3. The molecule has 1 atom stereocenters. The molecular weight excluding hydrogens is 190 g/mol. The predicted octanol–water partition coefficient (Wildman–Crippen LogP) is 1.74. The Balaban J connectivity index is 3.69. The van der Waals surface area contributed by atoms with E-state index in [1.807, 2.05) is 6.92 Å². The minimum Gasteiger partial charge on any atom is -0.409 e. The summed E-state index contributed by atoms with van der Waals surface area (Å²) < 4.78 is 0. The van der Waals surface area contributed by atoms with E-state index in [9.17, 15) is 0 Å². The zero-order chi connectivity index (χ0) is 11.8. The van der Waals surface area contributed by atoms with Crippen molar-refractivity contribution in [3.05, 3.63) is 0 Å². The molecule has 0 heterocycles. The Hall–Kier alpha value is -0.770. The molecule has 1 unspecified atom stereocenters. The lowest BCUT2D eigenvalue weighted by atomic mass is 10.1. The fourth-order valence-corrected chi connectivity index (χ4v) is 1.52. The lowest BCUT2D eigenvalue weighted by Gasteiger charge is -2.20. The molecule has 0 aromatic carbocycles. The highest BCUT2D eigenvalue weighted by molar-refractivity contribution is 5.82. The SMILES string of the molecule is CC(C)CCCN(C)CC(C)C(N)=NO. The van der Waals surface area contributed by atoms with Gasteiger partial charge in [-0.15, -0.1) is 0 Å². The van der Waals surface area contributed by atoms with Crippen LogP contribution in [0.5, 0.6) is 0 Å². The monoisotopic (exact) mass is 215 g/mol. The first kappa shape index (κ1) is 14.2. The van der Waals surface area contributed by atoms with Gasteiger partial charge in [0, 0.05) is 12.5 Å². The van der Waals surface area contributed by atoms with Crippen LogP contribution in [0.25, 0.3) is 0 Å². The van der Waals surface area contributed by atoms with Crippen molar-refractivity contribution in [1.29, 1.82) is 0 Å². The van der Waals surface area contributed by atoms with Gasteiger partial charge in [0.1, 0.15) is 5.84 Å². The Kier molecular flexibility index (Phi) is 7.13. The predicted molar refractivity (Wildman–Crippen MR) is 64.1 cm³/mol. The Morgan fingerprint density at radius 1 is 1.40 bits per heavy atom. The molecule has 0 aliphatic heterocycles. The average molecular weight is 215 g/mol. The molecule has 0 radical (unpaired) electrons. The summed E-state index contributed by atoms with van der Waals surface area (Å²) >= 11 is 0. The molecule has 3 N–H and O–H groups in total. The number of nitrogens with zero attached hydrogens (tertiary/aromatic N) is 2. The van der Waals surface area contributed by atoms with Crippen molar-refractivity contribution in [1.82, 2.24) is 4.90 Å². The van der Waals surface area contributed by atoms with Gasteiger partial charge in [-0.1, -0.05) is 25.9 Å². The molecule has 0 bridgehead atoms. The smallest absolute Gasteiger partial charge is 0.143 e. The van der Waals surface area contributed by atoms with E-state index in [-0.39, 0.29) is 5.92 Å². The van der Waals surface area contributed by atoms with Crippen LogP contribution in [0.1, 0.15) is 33.6 Å². The highest BCUT2D eigenvalue weighted by Crippen LogP contribution is 2.05. The summed E-state index contributed by atoms with van der Waals surface area (Å²) in [5.74, 6) is 1.18. The Morgan fingerprint density at radius 3 is 2.47 bits per heavy atom. The molecule has 0 aliphatic carbocycles. The van der Waals surface area contributed by atoms with Crippen LogP contribution >= 0.6 is 0 Å². The van der Waals surface area contributed by atoms with Gasteiger partial charge in [0.05, 0.1) is 0 Å². The van der Waals surface area contributed by atoms with Crippen LogP contribution in [0.2, 0.25) is 0 Å². The van der Waals surface area contributed by atoms with Crippen LogP contribution < -0.4 is 5.73 Å². The largest absolute Gasteiger partial charge is 0.409 e. The number of nitrogens with two attached hydrogens (primary N) is 1. The molecule has 0 spiro atoms. The van der Waals surface area contributed by atoms with Crippen molar-refractivity contribution >= 4 is 5.84 Å². The summed E-state index contributed by atoms with van der Waals surface area (Å²) in [6.07, 6.45) is 2.46. The summed E-state index contributed by atoms with van der Waals surface area (Å²) in [5.41, 5.74) is 5.51. The minimum absolute atomic E-state index is 0.110. The van der Waals surface area contributed by atoms with Crippen molar-refractivity contribution in [2.75, 3.05) is 20.1 Å². The summed E-state index contributed by atoms with van der Waals surface area (Å²) in [5, 5.41) is 11.5. The summed E-state index contributed by atoms with van der Waals surface area (Å²) in [4.78, 5) is 2.23. The molecule has 0 saturated heterocycles. The molecule has 0 rings (SSSR count). The quantitative estimate of drug-likeness (QED) is 0.294. The fraction of sp³-hybridized carbons (Fsp3) is 0.909. The van der Waals surface area contributed by atoms with E-state index in [1.165, 1.54) is 12.8 Å². The van der Waals surface area contributed by atoms with Gasteiger partial charge in [-0.25, -0.2) is 0 Å². The molecule has 0 aliphatic rings. The van der Waals surface area contributed by atoms with E-state index in [0.29, 0.717) is 5.84 Å². The van der Waals surface area contributed by atoms with Crippen LogP contribution in [0.15, 0.2) is 5.16 Å². The first-order valence-electron chi connectivity index (χ1n) is 5.63. The standard InChI is InChI=1S/C11H25N3O/c1-9(2)6-5-7-14(4)8-10(3)11(12)13-15/h9-10,15H,5-8H2,1-4H3,(H2,12,13). The van der Waals surface area contributed by atoms with E-state index in [2.05, 4.69) is 31.0 Å². The molecule has 90 valence electrons. The molecule has 0 saturated carbocycles. The minimum atomic E-state index is 0.110. The third-order valence-corrected chi connectivity index (χ3v) is 2.53. The second-order valence-corrected chi connectivity index (χ2v) is 4.72. The van der Waals surface area contributed by atoms with Crippen molar-refractivity contribution in [3.8, 4) is 0 Å². The van der Waals surface area contributed by atoms with Gasteiger partial charge in [0.25, 0.3) is 0 Å². The molecule has 15 heavy (non-hydrogen) atoms. The second-order valence-electron chi connectivity index (χ2n) is 4.72. The second kappa shape index (κ2) is 7.51. The molecule has 0 amide bonds. The van der Waals surface area contributed by atoms with E-state index in [1.54, 1.807) is 0 Å². The summed E-state index contributed by atoms with van der Waals surface area (Å²) in [6.45, 7) is 8.35. The van der Waals surface area contributed by atoms with E-state index < -0.39 is 0 Å². The van der Waals surface area contributed by atoms with Crippen LogP contribution in [-0.4, -0.2) is 36.1 Å². The Bertz CT molecular complexity index is 192. The third-order valence-electron chi connectivity index (χ3n) is 2.53. The van der Waals surface area contributed by atoms with Crippen molar-refractivity contribution in [3.63, 3.8) is 0 Å². The average Bonchev–Trinajstić information content (AvgIpc) is 2.15. The lowest BCUT2D eigenvalue weighted by Crippen LogP contribution is -2.33. The maximum atomic E-state index is 8.51. The molecule has 4 nitrogen and oxygen atoms in total. The number of amidine groups is 1. The van der Waals surface area contributed by atoms with E-state index >= 15 is 0 Å². The third kappa shape index (κ3) is 7.19. The van der Waals surface area contributed by atoms with Crippen LogP contribution in [0, 0.1) is 11.8 Å². The van der Waals surface area contributed by atoms with Crippen molar-refractivity contribution in [2.24, 2.45) is 22.7 Å². The maximum absolute atomic E-state index is 8.51. The maximum Gasteiger partial charge on any atom is 0.143 e. The Labute approximate surface area is 93.1 Å². The van der Waals surface area contributed by atoms with E-state index in [4.69, 9.17) is 10.9 Å². The van der Waals surface area contributed by atoms with Gasteiger partial charge >= 0.3 is 0 Å². The van der Waals surface area contributed by atoms with Gasteiger partial charge in [-0.2, -0.15) is 0 Å². The molecular formula is C11H25N3O. The Morgan fingerprint density at radius 2 is 2.00 bits per heavy atom. The highest BCUT2D eigenvalue weighted by atomic mass is 16.4. The van der Waals surface area contributed by atoms with E-state index in [0.717, 1.165) is 19.0 Å². The van der Waals surface area contributed by atoms with Crippen LogP contribution in [0.4, 0.5) is 0 Å². The van der Waals surface area contributed by atoms with Crippen LogP contribution in [-0.2, 0) is 0 Å². The van der Waals surface area contributed by atoms with Gasteiger partial charge in [-0.3, -0.25) is 0 Å². The van der Waals surface area contributed by atoms with Crippen LogP contribution in [0.3, 0.4) is 0 Å². The molecule has 0 fully saturated rings. The number of oxime groups is 1. The summed E-state index contributed by atoms with van der Waals surface area (Å²) in [6, 6.07) is 0. The number of rotatable bonds is 7. The van der Waals surface area contributed by atoms with Gasteiger partial charge in [-0.05, 0) is 32.4 Å². The lowest BCUT2D eigenvalue weighted by molar-refractivity contribution is 0.287. The topological polar surface area (TPSA) is 61.8 Å². The zero-order valence-corrected chi connectivity index (χ0v) is 10.4. The molecule has 0 aromatic heterocycles. The zero-order valence-electron chi connectivity index (χ0n) is 10.4. The number of hydrogen-bond donors (Lipinski definition) is 2. The van der Waals surface area contributed by atoms with Crippen molar-refractivity contribution in [2.45, 2.75) is 33.6 Å². The first-order valence-corrected chi connectivity index (χ1v) is 5.63. The first-order chi connectivity index (χ1) is 6.97. The van der Waals surface area contributed by atoms with Crippen molar-refractivity contribution < 1.29 is 5.21 Å². The normalized spacial score (nSPS) is 14.9. The molecule has 0 aromatic rings. The van der Waals surface area contributed by atoms with Gasteiger partial charge < -0.3 is 15.8 Å². The van der Waals surface area contributed by atoms with Gasteiger partial charge in [0.2, 0.25) is 0 Å². The van der Waals surface area contributed by atoms with Gasteiger partial charge in [0.15, 0.2) is 0 Å². The molecule has 4 heteroatoms.